The number of amides is 3. The van der Waals surface area contributed by atoms with E-state index in [4.69, 9.17) is 24.7 Å². The van der Waals surface area contributed by atoms with E-state index in [-0.39, 0.29) is 31.9 Å². The summed E-state index contributed by atoms with van der Waals surface area (Å²) >= 11 is 0. The number of nitrogens with one attached hydrogen (secondary N) is 2. The Balaban J connectivity index is 5.33. The van der Waals surface area contributed by atoms with E-state index in [0.717, 1.165) is 0 Å². The topological polar surface area (TPSA) is 155 Å². The second-order valence-electron chi connectivity index (χ2n) is 7.21. The SMILES string of the molecule is C=C(C)C(C)NC(=O)OCC(COC(C)=O)(COC(N)=O)COC(=O)NC(C)CC. The second kappa shape index (κ2) is 13.3. The van der Waals surface area contributed by atoms with Gasteiger partial charge in [0.25, 0.3) is 0 Å². The molecule has 3 atom stereocenters. The average molecular weight is 431 g/mol. The van der Waals surface area contributed by atoms with Gasteiger partial charge in [0.15, 0.2) is 0 Å². The Labute approximate surface area is 176 Å². The van der Waals surface area contributed by atoms with Gasteiger partial charge in [0, 0.05) is 13.0 Å². The maximum absolute atomic E-state index is 12.1. The minimum atomic E-state index is -1.36. The van der Waals surface area contributed by atoms with Crippen LogP contribution in [0.5, 0.6) is 0 Å². The Kier molecular flexibility index (Phi) is 12.0. The van der Waals surface area contributed by atoms with Crippen LogP contribution in [-0.2, 0) is 23.7 Å². The standard InChI is InChI=1S/C19H33N3O8/c1-7-13(4)21-17(25)29-10-19(8-27-15(6)23,9-28-16(20)24)11-30-18(26)22-14(5)12(2)3/h13-14H,2,7-11H2,1,3-6H3,(H2,20,24)(H,21,25)(H,22,26). The highest BCUT2D eigenvalue weighted by Crippen LogP contribution is 2.21. The Bertz CT molecular complexity index is 605. The fraction of sp³-hybridized carbons (Fsp3) is 0.684. The summed E-state index contributed by atoms with van der Waals surface area (Å²) in [7, 11) is 0. The first-order chi connectivity index (χ1) is 13.9. The predicted molar refractivity (Wildman–Crippen MR) is 108 cm³/mol. The third kappa shape index (κ3) is 11.8. The maximum Gasteiger partial charge on any atom is 0.407 e. The fourth-order valence-corrected chi connectivity index (χ4v) is 1.85. The van der Waals surface area contributed by atoms with Crippen LogP contribution < -0.4 is 16.4 Å². The number of alkyl carbamates (subject to hydrolysis) is 2. The summed E-state index contributed by atoms with van der Waals surface area (Å²) < 4.78 is 20.3. The van der Waals surface area contributed by atoms with E-state index in [1.54, 1.807) is 20.8 Å². The summed E-state index contributed by atoms with van der Waals surface area (Å²) in [4.78, 5) is 46.5. The van der Waals surface area contributed by atoms with Gasteiger partial charge in [-0.1, -0.05) is 19.1 Å². The van der Waals surface area contributed by atoms with Gasteiger partial charge in [-0.05, 0) is 27.2 Å². The normalized spacial score (nSPS) is 14.3. The molecule has 3 amide bonds. The molecule has 0 aliphatic heterocycles. The molecule has 0 saturated heterocycles. The zero-order chi connectivity index (χ0) is 23.3. The average Bonchev–Trinajstić information content (AvgIpc) is 2.66. The minimum Gasteiger partial charge on any atom is -0.465 e. The van der Waals surface area contributed by atoms with Crippen molar-refractivity contribution in [2.45, 2.75) is 53.1 Å². The zero-order valence-corrected chi connectivity index (χ0v) is 18.2. The highest BCUT2D eigenvalue weighted by atomic mass is 16.6. The van der Waals surface area contributed by atoms with E-state index in [1.807, 2.05) is 6.92 Å². The van der Waals surface area contributed by atoms with Crippen LogP contribution in [0.15, 0.2) is 12.2 Å². The summed E-state index contributed by atoms with van der Waals surface area (Å²) in [5, 5.41) is 5.16. The molecule has 30 heavy (non-hydrogen) atoms. The summed E-state index contributed by atoms with van der Waals surface area (Å²) in [5.41, 5.74) is 4.38. The molecule has 0 bridgehead atoms. The fourth-order valence-electron chi connectivity index (χ4n) is 1.85. The van der Waals surface area contributed by atoms with Gasteiger partial charge in [-0.2, -0.15) is 0 Å². The summed E-state index contributed by atoms with van der Waals surface area (Å²) in [5.74, 6) is -0.622. The van der Waals surface area contributed by atoms with Gasteiger partial charge >= 0.3 is 24.2 Å². The Hall–Kier alpha value is -2.98. The van der Waals surface area contributed by atoms with Crippen LogP contribution in [0, 0.1) is 5.41 Å². The molecule has 11 nitrogen and oxygen atoms in total. The third-order valence-corrected chi connectivity index (χ3v) is 4.17. The summed E-state index contributed by atoms with van der Waals surface area (Å²) in [6.45, 7) is 10.5. The van der Waals surface area contributed by atoms with Crippen LogP contribution in [0.25, 0.3) is 0 Å². The van der Waals surface area contributed by atoms with Crippen LogP contribution >= 0.6 is 0 Å². The highest BCUT2D eigenvalue weighted by Gasteiger charge is 2.38. The van der Waals surface area contributed by atoms with Gasteiger partial charge in [0.2, 0.25) is 0 Å². The lowest BCUT2D eigenvalue weighted by Crippen LogP contribution is -2.46. The quantitative estimate of drug-likeness (QED) is 0.240. The minimum absolute atomic E-state index is 0.132. The lowest BCUT2D eigenvalue weighted by atomic mass is 9.92. The molecule has 172 valence electrons. The number of rotatable bonds is 12. The van der Waals surface area contributed by atoms with Crippen molar-refractivity contribution >= 4 is 24.2 Å². The molecule has 0 heterocycles. The number of primary amides is 1. The molecular weight excluding hydrogens is 398 g/mol. The van der Waals surface area contributed by atoms with Gasteiger partial charge in [0.1, 0.15) is 31.8 Å². The molecule has 0 aromatic heterocycles. The molecule has 0 aromatic carbocycles. The van der Waals surface area contributed by atoms with Crippen molar-refractivity contribution in [1.82, 2.24) is 10.6 Å². The molecule has 0 aliphatic carbocycles. The van der Waals surface area contributed by atoms with Gasteiger partial charge < -0.3 is 35.3 Å². The molecular formula is C19H33N3O8. The maximum atomic E-state index is 12.1. The summed E-state index contributed by atoms with van der Waals surface area (Å²) in [6.07, 6.45) is -1.91. The van der Waals surface area contributed by atoms with Crippen molar-refractivity contribution in [2.75, 3.05) is 26.4 Å². The van der Waals surface area contributed by atoms with Crippen LogP contribution in [0.4, 0.5) is 14.4 Å². The van der Waals surface area contributed by atoms with E-state index in [2.05, 4.69) is 17.2 Å². The third-order valence-electron chi connectivity index (χ3n) is 4.17. The lowest BCUT2D eigenvalue weighted by molar-refractivity contribution is -0.148. The number of carbonyl (C=O) groups excluding carboxylic acids is 4. The lowest BCUT2D eigenvalue weighted by Gasteiger charge is -2.31. The molecule has 11 heteroatoms. The van der Waals surface area contributed by atoms with Crippen molar-refractivity contribution in [3.63, 3.8) is 0 Å². The Morgan fingerprint density at radius 2 is 1.37 bits per heavy atom. The van der Waals surface area contributed by atoms with Gasteiger partial charge in [-0.25, -0.2) is 14.4 Å². The number of nitrogens with two attached hydrogens (primary N) is 1. The number of esters is 1. The molecule has 0 fully saturated rings. The first-order valence-electron chi connectivity index (χ1n) is 9.48. The molecule has 4 N–H and O–H groups in total. The van der Waals surface area contributed by atoms with E-state index < -0.39 is 36.3 Å². The Morgan fingerprint density at radius 1 is 0.900 bits per heavy atom. The van der Waals surface area contributed by atoms with Crippen molar-refractivity contribution in [3.05, 3.63) is 12.2 Å². The first kappa shape index (κ1) is 27.0. The second-order valence-corrected chi connectivity index (χ2v) is 7.21. The van der Waals surface area contributed by atoms with Gasteiger partial charge in [0.05, 0.1) is 6.04 Å². The van der Waals surface area contributed by atoms with Crippen LogP contribution in [-0.4, -0.2) is 62.8 Å². The van der Waals surface area contributed by atoms with Gasteiger partial charge in [-0.15, -0.1) is 0 Å². The van der Waals surface area contributed by atoms with Crippen LogP contribution in [0.1, 0.15) is 41.0 Å². The smallest absolute Gasteiger partial charge is 0.407 e. The molecule has 3 unspecified atom stereocenters. The van der Waals surface area contributed by atoms with Gasteiger partial charge in [-0.3, -0.25) is 4.79 Å². The predicted octanol–water partition coefficient (Wildman–Crippen LogP) is 1.85. The van der Waals surface area contributed by atoms with E-state index in [0.29, 0.717) is 12.0 Å². The molecule has 0 aromatic rings. The van der Waals surface area contributed by atoms with E-state index in [9.17, 15) is 19.2 Å². The largest absolute Gasteiger partial charge is 0.465 e. The van der Waals surface area contributed by atoms with Crippen molar-refractivity contribution in [1.29, 1.82) is 0 Å². The van der Waals surface area contributed by atoms with E-state index >= 15 is 0 Å². The molecule has 0 radical (unpaired) electrons. The molecule has 0 saturated carbocycles. The van der Waals surface area contributed by atoms with Crippen molar-refractivity contribution < 1.29 is 38.1 Å². The highest BCUT2D eigenvalue weighted by molar-refractivity contribution is 5.69. The number of carbonyl (C=O) groups is 4. The number of hydrogen-bond acceptors (Lipinski definition) is 8. The van der Waals surface area contributed by atoms with E-state index in [1.165, 1.54) is 6.92 Å². The summed E-state index contributed by atoms with van der Waals surface area (Å²) in [6, 6.07) is -0.479. The molecule has 0 rings (SSSR count). The molecule has 0 spiro atoms. The number of hydrogen-bond donors (Lipinski definition) is 3. The Morgan fingerprint density at radius 3 is 1.80 bits per heavy atom. The van der Waals surface area contributed by atoms with Crippen LogP contribution in [0.2, 0.25) is 0 Å². The molecule has 0 aliphatic rings. The monoisotopic (exact) mass is 431 g/mol. The van der Waals surface area contributed by atoms with Crippen molar-refractivity contribution in [2.24, 2.45) is 11.1 Å². The van der Waals surface area contributed by atoms with Crippen LogP contribution in [0.3, 0.4) is 0 Å². The zero-order valence-electron chi connectivity index (χ0n) is 18.2. The first-order valence-corrected chi connectivity index (χ1v) is 9.48. The van der Waals surface area contributed by atoms with Crippen molar-refractivity contribution in [3.8, 4) is 0 Å². The number of ether oxygens (including phenoxy) is 4.